The molecule has 6 heteroatoms. The second-order valence-electron chi connectivity index (χ2n) is 5.54. The lowest BCUT2D eigenvalue weighted by Gasteiger charge is -2.28. The van der Waals surface area contributed by atoms with Gasteiger partial charge in [0.05, 0.1) is 12.5 Å². The number of amides is 1. The van der Waals surface area contributed by atoms with Gasteiger partial charge in [0.1, 0.15) is 4.88 Å². The maximum absolute atomic E-state index is 12.3. The highest BCUT2D eigenvalue weighted by atomic mass is 32.1. The highest BCUT2D eigenvalue weighted by molar-refractivity contribution is 7.16. The molecule has 2 aromatic rings. The predicted molar refractivity (Wildman–Crippen MR) is 79.6 cm³/mol. The molecule has 0 bridgehead atoms. The molecule has 0 aliphatic heterocycles. The fourth-order valence-corrected chi connectivity index (χ4v) is 2.73. The zero-order chi connectivity index (χ0) is 14.8. The lowest BCUT2D eigenvalue weighted by atomic mass is 9.93. The van der Waals surface area contributed by atoms with Crippen molar-refractivity contribution in [3.05, 3.63) is 29.5 Å². The van der Waals surface area contributed by atoms with E-state index in [1.807, 2.05) is 19.9 Å². The first-order valence-electron chi connectivity index (χ1n) is 6.38. The number of hydrogen-bond acceptors (Lipinski definition) is 5. The quantitative estimate of drug-likeness (QED) is 0.919. The number of aromatic nitrogens is 1. The summed E-state index contributed by atoms with van der Waals surface area (Å²) in [6.45, 7) is 5.22. The van der Waals surface area contributed by atoms with E-state index in [2.05, 4.69) is 4.98 Å². The molecule has 0 atom stereocenters. The molecule has 1 amide bonds. The Kier molecular flexibility index (Phi) is 4.25. The maximum Gasteiger partial charge on any atom is 0.265 e. The van der Waals surface area contributed by atoms with Crippen molar-refractivity contribution in [1.29, 1.82) is 0 Å². The van der Waals surface area contributed by atoms with Crippen LogP contribution in [0.3, 0.4) is 0 Å². The Labute approximate surface area is 122 Å². The van der Waals surface area contributed by atoms with E-state index in [0.717, 1.165) is 0 Å². The summed E-state index contributed by atoms with van der Waals surface area (Å²) >= 11 is 1.33. The van der Waals surface area contributed by atoms with Gasteiger partial charge in [-0.25, -0.2) is 4.98 Å². The van der Waals surface area contributed by atoms with Gasteiger partial charge in [0.2, 0.25) is 0 Å². The fourth-order valence-electron chi connectivity index (χ4n) is 1.85. The van der Waals surface area contributed by atoms with Gasteiger partial charge in [0.15, 0.2) is 10.8 Å². The van der Waals surface area contributed by atoms with Gasteiger partial charge in [0.25, 0.3) is 5.91 Å². The van der Waals surface area contributed by atoms with Gasteiger partial charge in [0, 0.05) is 13.6 Å². The minimum absolute atomic E-state index is 0.0400. The Morgan fingerprint density at radius 3 is 2.90 bits per heavy atom. The van der Waals surface area contributed by atoms with E-state index < -0.39 is 0 Å². The number of carbonyl (C=O) groups is 1. The molecule has 0 unspecified atom stereocenters. The highest BCUT2D eigenvalue weighted by Crippen LogP contribution is 2.26. The average Bonchev–Trinajstić information content (AvgIpc) is 3.07. The summed E-state index contributed by atoms with van der Waals surface area (Å²) in [5.74, 6) is 0.640. The zero-order valence-electron chi connectivity index (χ0n) is 11.9. The first-order valence-corrected chi connectivity index (χ1v) is 7.20. The van der Waals surface area contributed by atoms with Crippen molar-refractivity contribution in [2.45, 2.75) is 13.8 Å². The van der Waals surface area contributed by atoms with Gasteiger partial charge >= 0.3 is 0 Å². The van der Waals surface area contributed by atoms with Crippen LogP contribution < -0.4 is 5.73 Å². The molecule has 5 nitrogen and oxygen atoms in total. The second kappa shape index (κ2) is 5.76. The molecular weight excluding hydrogens is 274 g/mol. The lowest BCUT2D eigenvalue weighted by Crippen LogP contribution is -2.39. The van der Waals surface area contributed by atoms with E-state index in [4.69, 9.17) is 10.2 Å². The molecule has 0 aliphatic rings. The monoisotopic (exact) mass is 293 g/mol. The van der Waals surface area contributed by atoms with E-state index in [1.165, 1.54) is 11.3 Å². The third kappa shape index (κ3) is 3.26. The summed E-state index contributed by atoms with van der Waals surface area (Å²) in [5, 5.41) is 0.713. The van der Waals surface area contributed by atoms with Gasteiger partial charge in [-0.3, -0.25) is 4.79 Å². The van der Waals surface area contributed by atoms with Crippen LogP contribution in [0.25, 0.3) is 10.8 Å². The van der Waals surface area contributed by atoms with Crippen molar-refractivity contribution >= 4 is 17.2 Å². The number of nitrogens with zero attached hydrogens (tertiary/aromatic N) is 2. The van der Waals surface area contributed by atoms with Gasteiger partial charge in [-0.15, -0.1) is 11.3 Å². The molecule has 0 spiro atoms. The van der Waals surface area contributed by atoms with Gasteiger partial charge in [-0.2, -0.15) is 0 Å². The third-order valence-electron chi connectivity index (χ3n) is 3.01. The molecule has 0 saturated heterocycles. The van der Waals surface area contributed by atoms with Crippen molar-refractivity contribution in [2.75, 3.05) is 20.1 Å². The predicted octanol–water partition coefficient (Wildman–Crippen LogP) is 2.46. The van der Waals surface area contributed by atoms with E-state index in [9.17, 15) is 4.79 Å². The molecule has 0 fully saturated rings. The Morgan fingerprint density at radius 1 is 1.55 bits per heavy atom. The van der Waals surface area contributed by atoms with Crippen LogP contribution in [-0.4, -0.2) is 35.9 Å². The molecule has 2 heterocycles. The largest absolute Gasteiger partial charge is 0.462 e. The summed E-state index contributed by atoms with van der Waals surface area (Å²) in [5.41, 5.74) is 5.60. The molecule has 0 radical (unpaired) electrons. The van der Waals surface area contributed by atoms with E-state index in [1.54, 1.807) is 30.5 Å². The summed E-state index contributed by atoms with van der Waals surface area (Å²) in [6.07, 6.45) is 3.19. The molecule has 0 aliphatic carbocycles. The van der Waals surface area contributed by atoms with Crippen LogP contribution in [0.4, 0.5) is 0 Å². The first kappa shape index (κ1) is 14.7. The minimum atomic E-state index is -0.0983. The van der Waals surface area contributed by atoms with E-state index in [-0.39, 0.29) is 11.3 Å². The fraction of sp³-hybridized carbons (Fsp3) is 0.429. The Morgan fingerprint density at radius 2 is 2.30 bits per heavy atom. The number of furan rings is 1. The maximum atomic E-state index is 12.3. The van der Waals surface area contributed by atoms with Crippen molar-refractivity contribution in [3.8, 4) is 10.8 Å². The topological polar surface area (TPSA) is 72.4 Å². The molecule has 20 heavy (non-hydrogen) atoms. The molecule has 2 N–H and O–H groups in total. The summed E-state index contributed by atoms with van der Waals surface area (Å²) in [4.78, 5) is 18.9. The average molecular weight is 293 g/mol. The zero-order valence-corrected chi connectivity index (χ0v) is 12.7. The Balaban J connectivity index is 2.10. The van der Waals surface area contributed by atoms with Crippen LogP contribution in [0.5, 0.6) is 0 Å². The molecule has 108 valence electrons. The Hall–Kier alpha value is -1.66. The molecule has 0 saturated carbocycles. The van der Waals surface area contributed by atoms with Crippen LogP contribution in [0.2, 0.25) is 0 Å². The Bertz CT molecular complexity index is 575. The minimum Gasteiger partial charge on any atom is -0.462 e. The lowest BCUT2D eigenvalue weighted by molar-refractivity contribution is 0.0745. The van der Waals surface area contributed by atoms with Gasteiger partial charge < -0.3 is 15.1 Å². The van der Waals surface area contributed by atoms with Gasteiger partial charge in [-0.1, -0.05) is 13.8 Å². The standard InChI is InChI=1S/C14H19N3O2S/c1-14(2,8-15)9-17(3)13(18)11-7-16-12(20-11)10-5-4-6-19-10/h4-7H,8-9,15H2,1-3H3. The third-order valence-corrected chi connectivity index (χ3v) is 4.01. The van der Waals surface area contributed by atoms with Crippen LogP contribution in [0, 0.1) is 5.41 Å². The molecular formula is C14H19N3O2S. The second-order valence-corrected chi connectivity index (χ2v) is 6.57. The summed E-state index contributed by atoms with van der Waals surface area (Å²) < 4.78 is 5.28. The summed E-state index contributed by atoms with van der Waals surface area (Å²) in [6, 6.07) is 3.63. The van der Waals surface area contributed by atoms with Gasteiger partial charge in [-0.05, 0) is 24.1 Å². The van der Waals surface area contributed by atoms with Crippen LogP contribution >= 0.6 is 11.3 Å². The van der Waals surface area contributed by atoms with E-state index >= 15 is 0 Å². The smallest absolute Gasteiger partial charge is 0.265 e. The number of hydrogen-bond donors (Lipinski definition) is 1. The van der Waals surface area contributed by atoms with Crippen molar-refractivity contribution in [2.24, 2.45) is 11.1 Å². The van der Waals surface area contributed by atoms with Crippen molar-refractivity contribution in [1.82, 2.24) is 9.88 Å². The number of thiazole rings is 1. The number of rotatable bonds is 5. The SMILES string of the molecule is CN(CC(C)(C)CN)C(=O)c1cnc(-c2ccco2)s1. The van der Waals surface area contributed by atoms with Crippen LogP contribution in [-0.2, 0) is 0 Å². The molecule has 2 aromatic heterocycles. The molecule has 0 aromatic carbocycles. The van der Waals surface area contributed by atoms with Crippen molar-refractivity contribution < 1.29 is 9.21 Å². The highest BCUT2D eigenvalue weighted by Gasteiger charge is 2.23. The summed E-state index contributed by atoms with van der Waals surface area (Å²) in [7, 11) is 1.78. The molecule has 2 rings (SSSR count). The normalized spacial score (nSPS) is 11.6. The van der Waals surface area contributed by atoms with Crippen LogP contribution in [0.15, 0.2) is 29.0 Å². The van der Waals surface area contributed by atoms with Crippen molar-refractivity contribution in [3.63, 3.8) is 0 Å². The van der Waals surface area contributed by atoms with E-state index in [0.29, 0.717) is 28.7 Å². The van der Waals surface area contributed by atoms with Crippen LogP contribution in [0.1, 0.15) is 23.5 Å². The number of carbonyl (C=O) groups excluding carboxylic acids is 1. The first-order chi connectivity index (χ1) is 9.43. The number of nitrogens with two attached hydrogens (primary N) is 1.